The van der Waals surface area contributed by atoms with Gasteiger partial charge in [-0.05, 0) is 36.8 Å². The number of hydrogen-bond donors (Lipinski definition) is 0. The fourth-order valence-electron chi connectivity index (χ4n) is 1.94. The average Bonchev–Trinajstić information content (AvgIpc) is 2.50. The molecule has 0 saturated carbocycles. The molecule has 2 aromatic rings. The highest BCUT2D eigenvalue weighted by molar-refractivity contribution is 5.91. The van der Waals surface area contributed by atoms with Crippen molar-refractivity contribution in [3.05, 3.63) is 59.2 Å². The number of esters is 1. The van der Waals surface area contributed by atoms with Crippen molar-refractivity contribution < 1.29 is 19.0 Å². The van der Waals surface area contributed by atoms with Gasteiger partial charge in [0.05, 0.1) is 19.3 Å². The predicted molar refractivity (Wildman–Crippen MR) is 79.7 cm³/mol. The van der Waals surface area contributed by atoms with Gasteiger partial charge in [-0.25, -0.2) is 4.79 Å². The van der Waals surface area contributed by atoms with Crippen molar-refractivity contribution in [2.24, 2.45) is 0 Å². The van der Waals surface area contributed by atoms with Gasteiger partial charge in [-0.1, -0.05) is 23.8 Å². The van der Waals surface area contributed by atoms with Gasteiger partial charge in [0, 0.05) is 7.11 Å². The van der Waals surface area contributed by atoms with Crippen molar-refractivity contribution in [1.29, 1.82) is 0 Å². The van der Waals surface area contributed by atoms with Crippen molar-refractivity contribution >= 4 is 5.97 Å². The van der Waals surface area contributed by atoms with Crippen LogP contribution in [0.4, 0.5) is 0 Å². The first-order chi connectivity index (χ1) is 10.1. The lowest BCUT2D eigenvalue weighted by atomic mass is 10.1. The SMILES string of the molecule is COCc1ccc(Oc2ccc(C)cc2)cc1C(=O)OC. The number of hydrogen-bond acceptors (Lipinski definition) is 4. The molecule has 2 rings (SSSR count). The maximum Gasteiger partial charge on any atom is 0.338 e. The maximum absolute atomic E-state index is 11.8. The van der Waals surface area contributed by atoms with Gasteiger partial charge < -0.3 is 14.2 Å². The van der Waals surface area contributed by atoms with Gasteiger partial charge in [-0.2, -0.15) is 0 Å². The Bertz CT molecular complexity index is 617. The van der Waals surface area contributed by atoms with Gasteiger partial charge in [-0.15, -0.1) is 0 Å². The van der Waals surface area contributed by atoms with Crippen LogP contribution >= 0.6 is 0 Å². The van der Waals surface area contributed by atoms with Crippen molar-refractivity contribution in [1.82, 2.24) is 0 Å². The molecule has 0 atom stereocenters. The summed E-state index contributed by atoms with van der Waals surface area (Å²) in [7, 11) is 2.93. The van der Waals surface area contributed by atoms with Crippen LogP contribution in [0, 0.1) is 6.92 Å². The van der Waals surface area contributed by atoms with E-state index in [0.29, 0.717) is 17.9 Å². The van der Waals surface area contributed by atoms with Crippen LogP contribution in [-0.2, 0) is 16.1 Å². The van der Waals surface area contributed by atoms with E-state index in [1.807, 2.05) is 31.2 Å². The molecule has 0 amide bonds. The zero-order valence-corrected chi connectivity index (χ0v) is 12.4. The molecule has 0 saturated heterocycles. The number of rotatable bonds is 5. The van der Waals surface area contributed by atoms with E-state index in [0.717, 1.165) is 16.9 Å². The largest absolute Gasteiger partial charge is 0.465 e. The van der Waals surface area contributed by atoms with Gasteiger partial charge in [0.2, 0.25) is 0 Å². The monoisotopic (exact) mass is 286 g/mol. The van der Waals surface area contributed by atoms with Crippen molar-refractivity contribution in [3.63, 3.8) is 0 Å². The minimum Gasteiger partial charge on any atom is -0.465 e. The summed E-state index contributed by atoms with van der Waals surface area (Å²) < 4.78 is 15.6. The number of methoxy groups -OCH3 is 2. The van der Waals surface area contributed by atoms with E-state index < -0.39 is 5.97 Å². The highest BCUT2D eigenvalue weighted by Crippen LogP contribution is 2.25. The lowest BCUT2D eigenvalue weighted by molar-refractivity contribution is 0.0595. The summed E-state index contributed by atoms with van der Waals surface area (Å²) in [5.41, 5.74) is 2.37. The second-order valence-electron chi connectivity index (χ2n) is 4.66. The third-order valence-electron chi connectivity index (χ3n) is 3.04. The lowest BCUT2D eigenvalue weighted by Crippen LogP contribution is -2.06. The summed E-state index contributed by atoms with van der Waals surface area (Å²) in [6.45, 7) is 2.36. The molecule has 0 unspecified atom stereocenters. The number of aryl methyl sites for hydroxylation is 1. The number of benzene rings is 2. The molecule has 0 bridgehead atoms. The van der Waals surface area contributed by atoms with Gasteiger partial charge in [0.1, 0.15) is 11.5 Å². The average molecular weight is 286 g/mol. The molecule has 0 aliphatic rings. The molecule has 0 aliphatic carbocycles. The first kappa shape index (κ1) is 15.1. The van der Waals surface area contributed by atoms with Crippen LogP contribution in [0.15, 0.2) is 42.5 Å². The van der Waals surface area contributed by atoms with E-state index >= 15 is 0 Å². The molecule has 0 heterocycles. The second kappa shape index (κ2) is 6.90. The Morgan fingerprint density at radius 2 is 1.67 bits per heavy atom. The third-order valence-corrected chi connectivity index (χ3v) is 3.04. The Morgan fingerprint density at radius 1 is 1.00 bits per heavy atom. The minimum atomic E-state index is -0.406. The molecule has 0 fully saturated rings. The van der Waals surface area contributed by atoms with Gasteiger partial charge in [-0.3, -0.25) is 0 Å². The molecular weight excluding hydrogens is 268 g/mol. The van der Waals surface area contributed by atoms with Crippen LogP contribution in [0.2, 0.25) is 0 Å². The first-order valence-electron chi connectivity index (χ1n) is 6.58. The van der Waals surface area contributed by atoms with Crippen LogP contribution in [0.25, 0.3) is 0 Å². The maximum atomic E-state index is 11.8. The third kappa shape index (κ3) is 3.83. The van der Waals surface area contributed by atoms with E-state index in [4.69, 9.17) is 14.2 Å². The van der Waals surface area contributed by atoms with Crippen LogP contribution in [0.5, 0.6) is 11.5 Å². The Morgan fingerprint density at radius 3 is 2.29 bits per heavy atom. The summed E-state index contributed by atoms with van der Waals surface area (Å²) >= 11 is 0. The normalized spacial score (nSPS) is 10.2. The fraction of sp³-hybridized carbons (Fsp3) is 0.235. The molecule has 0 aromatic heterocycles. The summed E-state index contributed by atoms with van der Waals surface area (Å²) in [6, 6.07) is 13.0. The topological polar surface area (TPSA) is 44.8 Å². The first-order valence-corrected chi connectivity index (χ1v) is 6.58. The Hall–Kier alpha value is -2.33. The summed E-state index contributed by atoms with van der Waals surface area (Å²) in [6.07, 6.45) is 0. The fourth-order valence-corrected chi connectivity index (χ4v) is 1.94. The Balaban J connectivity index is 2.28. The predicted octanol–water partition coefficient (Wildman–Crippen LogP) is 3.72. The number of ether oxygens (including phenoxy) is 3. The molecule has 2 aromatic carbocycles. The molecule has 0 spiro atoms. The molecule has 110 valence electrons. The zero-order valence-electron chi connectivity index (χ0n) is 12.4. The minimum absolute atomic E-state index is 0.343. The quantitative estimate of drug-likeness (QED) is 0.786. The highest BCUT2D eigenvalue weighted by atomic mass is 16.5. The van der Waals surface area contributed by atoms with Gasteiger partial charge >= 0.3 is 5.97 Å². The zero-order chi connectivity index (χ0) is 15.2. The lowest BCUT2D eigenvalue weighted by Gasteiger charge is -2.11. The van der Waals surface area contributed by atoms with E-state index in [2.05, 4.69) is 0 Å². The van der Waals surface area contributed by atoms with E-state index in [9.17, 15) is 4.79 Å². The molecule has 0 radical (unpaired) electrons. The molecule has 0 aliphatic heterocycles. The van der Waals surface area contributed by atoms with Crippen LogP contribution in [-0.4, -0.2) is 20.2 Å². The number of carbonyl (C=O) groups excluding carboxylic acids is 1. The number of carbonyl (C=O) groups is 1. The highest BCUT2D eigenvalue weighted by Gasteiger charge is 2.13. The van der Waals surface area contributed by atoms with Gasteiger partial charge in [0.15, 0.2) is 0 Å². The van der Waals surface area contributed by atoms with Crippen molar-refractivity contribution in [2.75, 3.05) is 14.2 Å². The standard InChI is InChI=1S/C17H18O4/c1-12-4-7-14(8-5-12)21-15-9-6-13(11-19-2)16(10-15)17(18)20-3/h4-10H,11H2,1-3H3. The van der Waals surface area contributed by atoms with Crippen LogP contribution in [0.1, 0.15) is 21.5 Å². The van der Waals surface area contributed by atoms with Crippen LogP contribution in [0.3, 0.4) is 0 Å². The molecular formula is C17H18O4. The van der Waals surface area contributed by atoms with E-state index in [1.54, 1.807) is 25.3 Å². The smallest absolute Gasteiger partial charge is 0.338 e. The summed E-state index contributed by atoms with van der Waals surface area (Å²) in [4.78, 5) is 11.8. The van der Waals surface area contributed by atoms with Gasteiger partial charge in [0.25, 0.3) is 0 Å². The van der Waals surface area contributed by atoms with E-state index in [1.165, 1.54) is 7.11 Å². The summed E-state index contributed by atoms with van der Waals surface area (Å²) in [5.74, 6) is 0.895. The molecule has 4 heteroatoms. The van der Waals surface area contributed by atoms with E-state index in [-0.39, 0.29) is 0 Å². The Labute approximate surface area is 124 Å². The second-order valence-corrected chi connectivity index (χ2v) is 4.66. The van der Waals surface area contributed by atoms with Crippen molar-refractivity contribution in [2.45, 2.75) is 13.5 Å². The molecule has 4 nitrogen and oxygen atoms in total. The summed E-state index contributed by atoms with van der Waals surface area (Å²) in [5, 5.41) is 0. The van der Waals surface area contributed by atoms with Crippen molar-refractivity contribution in [3.8, 4) is 11.5 Å². The molecule has 21 heavy (non-hydrogen) atoms. The Kier molecular flexibility index (Phi) is 4.95. The molecule has 0 N–H and O–H groups in total. The van der Waals surface area contributed by atoms with Crippen LogP contribution < -0.4 is 4.74 Å².